The van der Waals surface area contributed by atoms with Crippen molar-refractivity contribution in [1.82, 2.24) is 9.88 Å². The highest BCUT2D eigenvalue weighted by atomic mass is 79.9. The van der Waals surface area contributed by atoms with Crippen LogP contribution in [0.15, 0.2) is 22.7 Å². The first kappa shape index (κ1) is 20.1. The maximum absolute atomic E-state index is 12.2. The van der Waals surface area contributed by atoms with E-state index in [9.17, 15) is 4.79 Å². The normalized spacial score (nSPS) is 15.2. The number of ether oxygens (including phenoxy) is 2. The summed E-state index contributed by atoms with van der Waals surface area (Å²) >= 11 is 5.25. The molecule has 0 radical (unpaired) electrons. The molecular weight excluding hydrogens is 428 g/mol. The molecule has 0 aliphatic carbocycles. The molecule has 0 fully saturated rings. The number of amides is 1. The van der Waals surface area contributed by atoms with Crippen LogP contribution in [0.1, 0.15) is 46.0 Å². The summed E-state index contributed by atoms with van der Waals surface area (Å²) in [6.45, 7) is 10.8. The molecule has 1 aliphatic heterocycles. The molecule has 1 amide bonds. The molecule has 0 N–H and O–H groups in total. The summed E-state index contributed by atoms with van der Waals surface area (Å²) in [5.74, 6) is 0.808. The highest BCUT2D eigenvalue weighted by molar-refractivity contribution is 9.10. The van der Waals surface area contributed by atoms with Gasteiger partial charge in [-0.05, 0) is 68.6 Å². The summed E-state index contributed by atoms with van der Waals surface area (Å²) in [6.07, 6.45) is 2.69. The van der Waals surface area contributed by atoms with Crippen LogP contribution in [-0.4, -0.2) is 40.8 Å². The minimum Gasteiger partial charge on any atom is -0.490 e. The van der Waals surface area contributed by atoms with Crippen molar-refractivity contribution in [2.24, 2.45) is 0 Å². The number of halogens is 1. The summed E-state index contributed by atoms with van der Waals surface area (Å²) in [5.41, 5.74) is 1.64. The molecule has 1 aromatic heterocycles. The number of nitrogens with zero attached hydrogens (tertiary/aromatic N) is 2. The van der Waals surface area contributed by atoms with E-state index >= 15 is 0 Å². The monoisotopic (exact) mass is 452 g/mol. The molecule has 3 rings (SSSR count). The lowest BCUT2D eigenvalue weighted by atomic mass is 10.1. The van der Waals surface area contributed by atoms with Gasteiger partial charge in [-0.2, -0.15) is 0 Å². The molecule has 0 saturated carbocycles. The zero-order chi connectivity index (χ0) is 19.8. The van der Waals surface area contributed by atoms with Gasteiger partial charge in [-0.25, -0.2) is 9.78 Å². The zero-order valence-corrected chi connectivity index (χ0v) is 18.7. The first-order valence-corrected chi connectivity index (χ1v) is 10.7. The summed E-state index contributed by atoms with van der Waals surface area (Å²) < 4.78 is 13.3. The Morgan fingerprint density at radius 1 is 1.33 bits per heavy atom. The quantitative estimate of drug-likeness (QED) is 0.583. The molecule has 1 aliphatic rings. The molecule has 7 heteroatoms. The molecular formula is C20H25BrN2O3S. The molecule has 2 heterocycles. The van der Waals surface area contributed by atoms with Gasteiger partial charge in [0.25, 0.3) is 0 Å². The summed E-state index contributed by atoms with van der Waals surface area (Å²) in [7, 11) is 0. The Bertz CT molecular complexity index is 883. The Morgan fingerprint density at radius 2 is 2.07 bits per heavy atom. The third-order valence-electron chi connectivity index (χ3n) is 3.94. The number of fused-ring (bicyclic) bond motifs is 1. The maximum Gasteiger partial charge on any atom is 0.410 e. The molecule has 2 aromatic rings. The van der Waals surface area contributed by atoms with Crippen molar-refractivity contribution in [1.29, 1.82) is 0 Å². The lowest BCUT2D eigenvalue weighted by Crippen LogP contribution is -2.39. The van der Waals surface area contributed by atoms with E-state index < -0.39 is 5.60 Å². The van der Waals surface area contributed by atoms with Crippen molar-refractivity contribution < 1.29 is 14.3 Å². The smallest absolute Gasteiger partial charge is 0.410 e. The largest absolute Gasteiger partial charge is 0.490 e. The molecule has 0 bridgehead atoms. The number of carbonyl (C=O) groups is 1. The molecule has 5 nitrogen and oxygen atoms in total. The van der Waals surface area contributed by atoms with Crippen molar-refractivity contribution in [2.45, 2.75) is 52.7 Å². The van der Waals surface area contributed by atoms with Crippen LogP contribution in [0.4, 0.5) is 4.79 Å². The van der Waals surface area contributed by atoms with Crippen molar-refractivity contribution in [3.05, 3.63) is 27.7 Å². The molecule has 0 spiro atoms. The lowest BCUT2D eigenvalue weighted by Gasteiger charge is -2.29. The number of hydrogen-bond donors (Lipinski definition) is 0. The lowest BCUT2D eigenvalue weighted by molar-refractivity contribution is 0.0270. The Hall–Kier alpha value is -1.60. The Kier molecular flexibility index (Phi) is 5.82. The second-order valence-corrected chi connectivity index (χ2v) is 9.73. The van der Waals surface area contributed by atoms with Gasteiger partial charge in [-0.15, -0.1) is 11.3 Å². The van der Waals surface area contributed by atoms with E-state index in [-0.39, 0.29) is 12.2 Å². The predicted octanol–water partition coefficient (Wildman–Crippen LogP) is 5.87. The Morgan fingerprint density at radius 3 is 2.67 bits per heavy atom. The molecule has 0 atom stereocenters. The second-order valence-electron chi connectivity index (χ2n) is 7.84. The fourth-order valence-corrected chi connectivity index (χ4v) is 4.41. The molecule has 0 saturated heterocycles. The van der Waals surface area contributed by atoms with Crippen LogP contribution in [0.3, 0.4) is 0 Å². The van der Waals surface area contributed by atoms with Crippen LogP contribution in [0.2, 0.25) is 0 Å². The minimum absolute atomic E-state index is 0.108. The standard InChI is InChI=1S/C20H25BrN2O3S/c1-12(2)25-16-11-15-17(10-14(16)21)27-18(22-15)13-6-8-23(9-7-13)19(24)26-20(3,4)5/h6,10-12H,7-9H2,1-5H3. The van der Waals surface area contributed by atoms with Gasteiger partial charge >= 0.3 is 6.09 Å². The summed E-state index contributed by atoms with van der Waals surface area (Å²) in [4.78, 5) is 18.7. The SMILES string of the molecule is CC(C)Oc1cc2nc(C3=CCN(C(=O)OC(C)(C)C)CC3)sc2cc1Br. The topological polar surface area (TPSA) is 51.7 Å². The van der Waals surface area contributed by atoms with Crippen LogP contribution < -0.4 is 4.74 Å². The van der Waals surface area contributed by atoms with Gasteiger partial charge in [0.2, 0.25) is 0 Å². The molecule has 146 valence electrons. The van der Waals surface area contributed by atoms with Crippen molar-refractivity contribution in [3.8, 4) is 5.75 Å². The van der Waals surface area contributed by atoms with Gasteiger partial charge in [0.1, 0.15) is 16.4 Å². The Balaban J connectivity index is 1.77. The van der Waals surface area contributed by atoms with Crippen molar-refractivity contribution >= 4 is 49.1 Å². The van der Waals surface area contributed by atoms with E-state index in [2.05, 4.69) is 28.1 Å². The average Bonchev–Trinajstić information content (AvgIpc) is 2.96. The molecule has 0 unspecified atom stereocenters. The first-order valence-electron chi connectivity index (χ1n) is 9.06. The fourth-order valence-electron chi connectivity index (χ4n) is 2.77. The van der Waals surface area contributed by atoms with Gasteiger partial charge in [0, 0.05) is 19.2 Å². The van der Waals surface area contributed by atoms with Gasteiger partial charge in [0.15, 0.2) is 0 Å². The van der Waals surface area contributed by atoms with E-state index in [1.807, 2.05) is 40.7 Å². The third kappa shape index (κ3) is 5.02. The number of aromatic nitrogens is 1. The number of carbonyl (C=O) groups excluding carboxylic acids is 1. The van der Waals surface area contributed by atoms with Gasteiger partial charge in [-0.3, -0.25) is 0 Å². The van der Waals surface area contributed by atoms with Gasteiger partial charge < -0.3 is 14.4 Å². The first-order chi connectivity index (χ1) is 12.6. The fraction of sp³-hybridized carbons (Fsp3) is 0.500. The highest BCUT2D eigenvalue weighted by Crippen LogP contribution is 2.36. The van der Waals surface area contributed by atoms with Crippen LogP contribution in [0.5, 0.6) is 5.75 Å². The second kappa shape index (κ2) is 7.80. The van der Waals surface area contributed by atoms with Crippen LogP contribution >= 0.6 is 27.3 Å². The summed E-state index contributed by atoms with van der Waals surface area (Å²) in [6, 6.07) is 4.04. The highest BCUT2D eigenvalue weighted by Gasteiger charge is 2.24. The number of hydrogen-bond acceptors (Lipinski definition) is 5. The molecule has 27 heavy (non-hydrogen) atoms. The van der Waals surface area contributed by atoms with E-state index in [0.29, 0.717) is 13.1 Å². The number of rotatable bonds is 3. The van der Waals surface area contributed by atoms with Gasteiger partial charge in [-0.1, -0.05) is 6.08 Å². The predicted molar refractivity (Wildman–Crippen MR) is 113 cm³/mol. The van der Waals surface area contributed by atoms with Crippen molar-refractivity contribution in [3.63, 3.8) is 0 Å². The number of benzene rings is 1. The van der Waals surface area contributed by atoms with Crippen molar-refractivity contribution in [2.75, 3.05) is 13.1 Å². The third-order valence-corrected chi connectivity index (χ3v) is 5.65. The van der Waals surface area contributed by atoms with E-state index in [4.69, 9.17) is 14.5 Å². The van der Waals surface area contributed by atoms with E-state index in [0.717, 1.165) is 31.9 Å². The van der Waals surface area contributed by atoms with E-state index in [1.165, 1.54) is 5.57 Å². The van der Waals surface area contributed by atoms with Crippen LogP contribution in [0, 0.1) is 0 Å². The molecule has 1 aromatic carbocycles. The van der Waals surface area contributed by atoms with Gasteiger partial charge in [0.05, 0.1) is 20.8 Å². The average molecular weight is 453 g/mol. The minimum atomic E-state index is -0.475. The van der Waals surface area contributed by atoms with Crippen LogP contribution in [0.25, 0.3) is 15.8 Å². The zero-order valence-electron chi connectivity index (χ0n) is 16.3. The summed E-state index contributed by atoms with van der Waals surface area (Å²) in [5, 5.41) is 1.00. The maximum atomic E-state index is 12.2. The van der Waals surface area contributed by atoms with Crippen LogP contribution in [-0.2, 0) is 4.74 Å². The Labute approximate surface area is 172 Å². The number of thiazole rings is 1. The van der Waals surface area contributed by atoms with E-state index in [1.54, 1.807) is 16.2 Å².